The van der Waals surface area contributed by atoms with Crippen molar-refractivity contribution in [3.63, 3.8) is 0 Å². The molecule has 2 rings (SSSR count). The predicted octanol–water partition coefficient (Wildman–Crippen LogP) is 2.50. The number of carbonyl (C=O) groups is 1. The lowest BCUT2D eigenvalue weighted by molar-refractivity contribution is -0.121. The summed E-state index contributed by atoms with van der Waals surface area (Å²) < 4.78 is 11.1. The first-order chi connectivity index (χ1) is 12.7. The van der Waals surface area contributed by atoms with E-state index in [1.807, 2.05) is 18.2 Å². The molecule has 1 aromatic rings. The van der Waals surface area contributed by atoms with E-state index in [-0.39, 0.29) is 5.91 Å². The molecule has 1 aliphatic heterocycles. The second-order valence-corrected chi connectivity index (χ2v) is 7.22. The maximum atomic E-state index is 12.1. The van der Waals surface area contributed by atoms with Crippen molar-refractivity contribution in [2.75, 3.05) is 46.1 Å². The Kier molecular flexibility index (Phi) is 9.67. The molecule has 1 aromatic carbocycles. The molecule has 5 heteroatoms. The van der Waals surface area contributed by atoms with Gasteiger partial charge in [0.2, 0.25) is 5.91 Å². The molecule has 0 bridgehead atoms. The number of nitrogens with one attached hydrogen (secondary N) is 1. The van der Waals surface area contributed by atoms with Gasteiger partial charge in [-0.2, -0.15) is 0 Å². The van der Waals surface area contributed by atoms with Crippen LogP contribution in [0.15, 0.2) is 30.3 Å². The van der Waals surface area contributed by atoms with Crippen molar-refractivity contribution in [3.05, 3.63) is 35.9 Å². The van der Waals surface area contributed by atoms with Crippen LogP contribution in [-0.4, -0.2) is 62.9 Å². The van der Waals surface area contributed by atoms with Gasteiger partial charge in [-0.15, -0.1) is 0 Å². The van der Waals surface area contributed by atoms with E-state index in [0.29, 0.717) is 38.1 Å². The highest BCUT2D eigenvalue weighted by molar-refractivity contribution is 5.75. The van der Waals surface area contributed by atoms with Crippen molar-refractivity contribution in [2.24, 2.45) is 5.92 Å². The Labute approximate surface area is 158 Å². The Hall–Kier alpha value is -1.43. The molecule has 1 N–H and O–H groups in total. The van der Waals surface area contributed by atoms with Crippen LogP contribution in [0.1, 0.15) is 32.3 Å². The fourth-order valence-electron chi connectivity index (χ4n) is 3.27. The normalized spacial score (nSPS) is 16.6. The van der Waals surface area contributed by atoms with Crippen LogP contribution in [0.3, 0.4) is 0 Å². The highest BCUT2D eigenvalue weighted by Crippen LogP contribution is 2.12. The molecule has 1 atom stereocenters. The number of morpholine rings is 1. The third-order valence-corrected chi connectivity index (χ3v) is 4.86. The van der Waals surface area contributed by atoms with Gasteiger partial charge in [-0.25, -0.2) is 0 Å². The van der Waals surface area contributed by atoms with E-state index in [2.05, 4.69) is 36.2 Å². The molecule has 0 radical (unpaired) electrons. The van der Waals surface area contributed by atoms with E-state index >= 15 is 0 Å². The third-order valence-electron chi connectivity index (χ3n) is 4.86. The summed E-state index contributed by atoms with van der Waals surface area (Å²) in [6.45, 7) is 9.97. The highest BCUT2D eigenvalue weighted by Gasteiger charge is 2.24. The Balaban J connectivity index is 1.54. The van der Waals surface area contributed by atoms with E-state index in [0.717, 1.165) is 39.1 Å². The minimum atomic E-state index is 0.121. The molecule has 0 saturated carbocycles. The molecular formula is C21H34N2O3. The van der Waals surface area contributed by atoms with E-state index < -0.39 is 0 Å². The standard InChI is InChI=1S/C21H34N2O3/c1-18(2)20(23-11-15-26-16-12-23)17-22-21(24)9-6-13-25-14-10-19-7-4-3-5-8-19/h3-5,7-8,18,20H,6,9-17H2,1-2H3,(H,22,24). The quantitative estimate of drug-likeness (QED) is 0.615. The van der Waals surface area contributed by atoms with Gasteiger partial charge in [-0.3, -0.25) is 9.69 Å². The van der Waals surface area contributed by atoms with E-state index in [1.165, 1.54) is 5.56 Å². The number of nitrogens with zero attached hydrogens (tertiary/aromatic N) is 1. The summed E-state index contributed by atoms with van der Waals surface area (Å²) >= 11 is 0. The van der Waals surface area contributed by atoms with Crippen LogP contribution < -0.4 is 5.32 Å². The first-order valence-corrected chi connectivity index (χ1v) is 9.87. The number of amides is 1. The zero-order valence-corrected chi connectivity index (χ0v) is 16.3. The van der Waals surface area contributed by atoms with Crippen LogP contribution in [0.5, 0.6) is 0 Å². The Morgan fingerprint density at radius 2 is 1.92 bits per heavy atom. The Morgan fingerprint density at radius 3 is 2.62 bits per heavy atom. The van der Waals surface area contributed by atoms with Gasteiger partial charge >= 0.3 is 0 Å². The second kappa shape index (κ2) is 12.0. The largest absolute Gasteiger partial charge is 0.381 e. The van der Waals surface area contributed by atoms with Gasteiger partial charge in [-0.1, -0.05) is 44.2 Å². The average Bonchev–Trinajstić information content (AvgIpc) is 2.66. The second-order valence-electron chi connectivity index (χ2n) is 7.22. The first-order valence-electron chi connectivity index (χ1n) is 9.87. The highest BCUT2D eigenvalue weighted by atomic mass is 16.5. The summed E-state index contributed by atoms with van der Waals surface area (Å²) in [6.07, 6.45) is 2.21. The summed E-state index contributed by atoms with van der Waals surface area (Å²) in [4.78, 5) is 14.5. The van der Waals surface area contributed by atoms with Crippen molar-refractivity contribution >= 4 is 5.91 Å². The third kappa shape index (κ3) is 7.85. The Morgan fingerprint density at radius 1 is 1.19 bits per heavy atom. The maximum Gasteiger partial charge on any atom is 0.220 e. The molecule has 0 spiro atoms. The smallest absolute Gasteiger partial charge is 0.220 e. The monoisotopic (exact) mass is 362 g/mol. The summed E-state index contributed by atoms with van der Waals surface area (Å²) in [6, 6.07) is 10.7. The van der Waals surface area contributed by atoms with E-state index in [4.69, 9.17) is 9.47 Å². The number of rotatable bonds is 11. The molecule has 146 valence electrons. The van der Waals surface area contributed by atoms with Crippen molar-refractivity contribution in [1.82, 2.24) is 10.2 Å². The van der Waals surface area contributed by atoms with Gasteiger partial charge in [0.05, 0.1) is 19.8 Å². The zero-order chi connectivity index (χ0) is 18.6. The van der Waals surface area contributed by atoms with Crippen molar-refractivity contribution in [3.8, 4) is 0 Å². The minimum Gasteiger partial charge on any atom is -0.381 e. The number of hydrogen-bond donors (Lipinski definition) is 1. The van der Waals surface area contributed by atoms with Crippen LogP contribution in [0.25, 0.3) is 0 Å². The number of ether oxygens (including phenoxy) is 2. The fraction of sp³-hybridized carbons (Fsp3) is 0.667. The summed E-state index contributed by atoms with van der Waals surface area (Å²) in [5.41, 5.74) is 1.29. The number of benzene rings is 1. The Bertz CT molecular complexity index is 501. The average molecular weight is 363 g/mol. The SMILES string of the molecule is CC(C)C(CNC(=O)CCCOCCc1ccccc1)N1CCOCC1. The van der Waals surface area contributed by atoms with Crippen LogP contribution in [0.4, 0.5) is 0 Å². The van der Waals surface area contributed by atoms with Crippen LogP contribution in [0.2, 0.25) is 0 Å². The molecular weight excluding hydrogens is 328 g/mol. The molecule has 1 heterocycles. The number of carbonyl (C=O) groups excluding carboxylic acids is 1. The topological polar surface area (TPSA) is 50.8 Å². The zero-order valence-electron chi connectivity index (χ0n) is 16.3. The van der Waals surface area contributed by atoms with E-state index in [1.54, 1.807) is 0 Å². The lowest BCUT2D eigenvalue weighted by atomic mass is 10.0. The minimum absolute atomic E-state index is 0.121. The maximum absolute atomic E-state index is 12.1. The molecule has 5 nitrogen and oxygen atoms in total. The van der Waals surface area contributed by atoms with Crippen molar-refractivity contribution in [2.45, 2.75) is 39.2 Å². The molecule has 0 aromatic heterocycles. The molecule has 1 aliphatic rings. The lowest BCUT2D eigenvalue weighted by Crippen LogP contribution is -2.51. The van der Waals surface area contributed by atoms with Crippen LogP contribution in [-0.2, 0) is 20.7 Å². The molecule has 1 saturated heterocycles. The van der Waals surface area contributed by atoms with Gasteiger partial charge in [0, 0.05) is 38.7 Å². The molecule has 26 heavy (non-hydrogen) atoms. The van der Waals surface area contributed by atoms with Gasteiger partial charge < -0.3 is 14.8 Å². The van der Waals surface area contributed by atoms with Gasteiger partial charge in [-0.05, 0) is 24.3 Å². The summed E-state index contributed by atoms with van der Waals surface area (Å²) in [5.74, 6) is 0.630. The number of hydrogen-bond acceptors (Lipinski definition) is 4. The van der Waals surface area contributed by atoms with Crippen LogP contribution >= 0.6 is 0 Å². The van der Waals surface area contributed by atoms with Gasteiger partial charge in [0.1, 0.15) is 0 Å². The van der Waals surface area contributed by atoms with Crippen LogP contribution in [0, 0.1) is 5.92 Å². The van der Waals surface area contributed by atoms with Gasteiger partial charge in [0.25, 0.3) is 0 Å². The molecule has 1 unspecified atom stereocenters. The van der Waals surface area contributed by atoms with Crippen molar-refractivity contribution in [1.29, 1.82) is 0 Å². The first kappa shape index (κ1) is 20.9. The molecule has 1 fully saturated rings. The predicted molar refractivity (Wildman–Crippen MR) is 104 cm³/mol. The summed E-state index contributed by atoms with van der Waals surface area (Å²) in [5, 5.41) is 3.10. The molecule has 1 amide bonds. The summed E-state index contributed by atoms with van der Waals surface area (Å²) in [7, 11) is 0. The lowest BCUT2D eigenvalue weighted by Gasteiger charge is -2.36. The fourth-order valence-corrected chi connectivity index (χ4v) is 3.27. The van der Waals surface area contributed by atoms with E-state index in [9.17, 15) is 4.79 Å². The molecule has 0 aliphatic carbocycles. The van der Waals surface area contributed by atoms with Crippen molar-refractivity contribution < 1.29 is 14.3 Å². The van der Waals surface area contributed by atoms with Gasteiger partial charge in [0.15, 0.2) is 0 Å².